The highest BCUT2D eigenvalue weighted by Gasteiger charge is 2.81. The molecule has 4 aliphatic rings. The monoisotopic (exact) mass is 527 g/mol. The van der Waals surface area contributed by atoms with Gasteiger partial charge in [0.15, 0.2) is 5.78 Å². The van der Waals surface area contributed by atoms with Gasteiger partial charge in [-0.25, -0.2) is 0 Å². The quantitative estimate of drug-likeness (QED) is 0.349. The molecule has 0 unspecified atom stereocenters. The summed E-state index contributed by atoms with van der Waals surface area (Å²) in [4.78, 5) is 46.4. The molecule has 6 nitrogen and oxygen atoms in total. The molecular formula is C34H29N3O3. The summed E-state index contributed by atoms with van der Waals surface area (Å²) >= 11 is 0. The second-order valence-corrected chi connectivity index (χ2v) is 11.5. The standard InChI is InChI=1S/C34H29N3O3/c1-2-20-11-7-13-25-29(20)36-32(40)34(25)33(24-12-5-6-14-26(24)35-31(33)39)28(27-15-8-18-37(27)34)30(38)23-17-16-21-9-3-4-10-22(21)19-23/h3-7,9-14,16-17,19,27-28H,2,8,15,18H2,1H3,(H,35,39)(H,36,40)/t27-,28+,33-,34-/m1/s1. The van der Waals surface area contributed by atoms with Crippen LogP contribution in [0.15, 0.2) is 84.9 Å². The zero-order valence-electron chi connectivity index (χ0n) is 22.2. The number of para-hydroxylation sites is 2. The minimum atomic E-state index is -1.42. The molecule has 4 aromatic rings. The SMILES string of the molecule is CCc1cccc2c1NC(=O)[C@]21N2CCC[C@@H]2[C@@H](C(=O)c2ccc3ccccc3c2)[C@]12C(=O)Nc1ccccc12. The molecule has 40 heavy (non-hydrogen) atoms. The van der Waals surface area contributed by atoms with E-state index in [0.717, 1.165) is 52.4 Å². The third kappa shape index (κ3) is 2.60. The van der Waals surface area contributed by atoms with E-state index < -0.39 is 16.9 Å². The third-order valence-electron chi connectivity index (χ3n) is 9.92. The molecule has 0 saturated carbocycles. The first-order valence-electron chi connectivity index (χ1n) is 14.2. The molecule has 2 saturated heterocycles. The average molecular weight is 528 g/mol. The van der Waals surface area contributed by atoms with E-state index >= 15 is 0 Å². The van der Waals surface area contributed by atoms with Crippen LogP contribution >= 0.6 is 0 Å². The molecular weight excluding hydrogens is 498 g/mol. The Morgan fingerprint density at radius 3 is 2.50 bits per heavy atom. The van der Waals surface area contributed by atoms with E-state index in [1.54, 1.807) is 0 Å². The van der Waals surface area contributed by atoms with Crippen LogP contribution in [0.1, 0.15) is 46.8 Å². The van der Waals surface area contributed by atoms with Crippen molar-refractivity contribution in [2.75, 3.05) is 17.2 Å². The van der Waals surface area contributed by atoms with Crippen LogP contribution in [-0.2, 0) is 27.0 Å². The number of benzene rings is 4. The summed E-state index contributed by atoms with van der Waals surface area (Å²) in [5.74, 6) is -1.30. The molecule has 4 aromatic carbocycles. The Labute approximate surface area is 232 Å². The molecule has 4 aliphatic heterocycles. The van der Waals surface area contributed by atoms with E-state index in [1.807, 2.05) is 84.9 Å². The lowest BCUT2D eigenvalue weighted by molar-refractivity contribution is -0.137. The number of amides is 2. The van der Waals surface area contributed by atoms with Crippen LogP contribution in [0.2, 0.25) is 0 Å². The van der Waals surface area contributed by atoms with Gasteiger partial charge in [0, 0.05) is 28.5 Å². The van der Waals surface area contributed by atoms with E-state index in [9.17, 15) is 14.4 Å². The number of rotatable bonds is 3. The van der Waals surface area contributed by atoms with Crippen molar-refractivity contribution >= 4 is 39.7 Å². The first kappa shape index (κ1) is 23.6. The van der Waals surface area contributed by atoms with Crippen LogP contribution in [0.5, 0.6) is 0 Å². The molecule has 8 rings (SSSR count). The van der Waals surface area contributed by atoms with Crippen LogP contribution in [-0.4, -0.2) is 35.1 Å². The number of anilines is 2. The normalized spacial score (nSPS) is 28.1. The van der Waals surface area contributed by atoms with Gasteiger partial charge in [0.2, 0.25) is 5.91 Å². The van der Waals surface area contributed by atoms with Gasteiger partial charge in [-0.3, -0.25) is 19.3 Å². The van der Waals surface area contributed by atoms with Gasteiger partial charge in [-0.2, -0.15) is 0 Å². The van der Waals surface area contributed by atoms with Crippen molar-refractivity contribution in [2.24, 2.45) is 5.92 Å². The molecule has 0 aliphatic carbocycles. The van der Waals surface area contributed by atoms with Gasteiger partial charge in [0.1, 0.15) is 11.0 Å². The van der Waals surface area contributed by atoms with Crippen molar-refractivity contribution in [3.8, 4) is 0 Å². The number of carbonyl (C=O) groups is 3. The number of Topliss-reactive ketones (excluding diaryl/α,β-unsaturated/α-hetero) is 1. The number of carbonyl (C=O) groups excluding carboxylic acids is 3. The van der Waals surface area contributed by atoms with Gasteiger partial charge in [-0.05, 0) is 59.8 Å². The van der Waals surface area contributed by atoms with Crippen LogP contribution in [0.4, 0.5) is 11.4 Å². The summed E-state index contributed by atoms with van der Waals surface area (Å²) in [6, 6.07) is 27.1. The Hall–Kier alpha value is -4.29. The van der Waals surface area contributed by atoms with Crippen molar-refractivity contribution in [1.82, 2.24) is 4.90 Å². The van der Waals surface area contributed by atoms with Gasteiger partial charge in [0.25, 0.3) is 5.91 Å². The fourth-order valence-electron chi connectivity index (χ4n) is 8.48. The van der Waals surface area contributed by atoms with Crippen molar-refractivity contribution in [3.63, 3.8) is 0 Å². The highest BCUT2D eigenvalue weighted by molar-refractivity contribution is 6.21. The molecule has 0 bridgehead atoms. The fraction of sp³-hybridized carbons (Fsp3) is 0.265. The third-order valence-corrected chi connectivity index (χ3v) is 9.92. The first-order valence-corrected chi connectivity index (χ1v) is 14.2. The smallest absolute Gasteiger partial charge is 0.251 e. The summed E-state index contributed by atoms with van der Waals surface area (Å²) < 4.78 is 0. The van der Waals surface area contributed by atoms with Gasteiger partial charge in [0.05, 0.1) is 5.92 Å². The summed E-state index contributed by atoms with van der Waals surface area (Å²) in [6.07, 6.45) is 2.36. The highest BCUT2D eigenvalue weighted by Crippen LogP contribution is 2.68. The molecule has 2 N–H and O–H groups in total. The molecule has 0 radical (unpaired) electrons. The fourth-order valence-corrected chi connectivity index (χ4v) is 8.48. The van der Waals surface area contributed by atoms with Gasteiger partial charge in [-0.15, -0.1) is 0 Å². The number of hydrogen-bond donors (Lipinski definition) is 2. The molecule has 4 atom stereocenters. The summed E-state index contributed by atoms with van der Waals surface area (Å²) in [6.45, 7) is 2.71. The minimum absolute atomic E-state index is 0.0840. The predicted octanol–water partition coefficient (Wildman–Crippen LogP) is 5.42. The van der Waals surface area contributed by atoms with Gasteiger partial charge < -0.3 is 10.6 Å². The summed E-state index contributed by atoms with van der Waals surface area (Å²) in [5, 5.41) is 8.37. The van der Waals surface area contributed by atoms with Crippen molar-refractivity contribution < 1.29 is 14.4 Å². The number of aryl methyl sites for hydroxylation is 1. The predicted molar refractivity (Wildman–Crippen MR) is 154 cm³/mol. The van der Waals surface area contributed by atoms with E-state index in [2.05, 4.69) is 22.5 Å². The number of fused-ring (bicyclic) bond motifs is 8. The highest BCUT2D eigenvalue weighted by atomic mass is 16.2. The topological polar surface area (TPSA) is 78.5 Å². The first-order chi connectivity index (χ1) is 19.5. The molecule has 0 aromatic heterocycles. The Balaban J connectivity index is 1.45. The maximum atomic E-state index is 14.9. The van der Waals surface area contributed by atoms with Crippen LogP contribution in [0, 0.1) is 5.92 Å². The molecule has 6 heteroatoms. The van der Waals surface area contributed by atoms with Gasteiger partial charge in [-0.1, -0.05) is 79.7 Å². The Kier molecular flexibility index (Phi) is 4.79. The van der Waals surface area contributed by atoms with E-state index in [0.29, 0.717) is 17.8 Å². The number of nitrogens with zero attached hydrogens (tertiary/aromatic N) is 1. The number of ketones is 1. The lowest BCUT2D eigenvalue weighted by atomic mass is 9.57. The molecule has 2 amide bonds. The molecule has 2 fully saturated rings. The Morgan fingerprint density at radius 2 is 1.65 bits per heavy atom. The van der Waals surface area contributed by atoms with Crippen molar-refractivity contribution in [1.29, 1.82) is 0 Å². The largest absolute Gasteiger partial charge is 0.325 e. The second-order valence-electron chi connectivity index (χ2n) is 11.5. The molecule has 198 valence electrons. The zero-order valence-corrected chi connectivity index (χ0v) is 22.2. The average Bonchev–Trinajstić information content (AvgIpc) is 3.71. The number of hydrogen-bond acceptors (Lipinski definition) is 4. The maximum Gasteiger partial charge on any atom is 0.251 e. The van der Waals surface area contributed by atoms with Crippen LogP contribution in [0.3, 0.4) is 0 Å². The van der Waals surface area contributed by atoms with Gasteiger partial charge >= 0.3 is 0 Å². The maximum absolute atomic E-state index is 14.9. The van der Waals surface area contributed by atoms with Crippen LogP contribution in [0.25, 0.3) is 10.8 Å². The summed E-state index contributed by atoms with van der Waals surface area (Å²) in [7, 11) is 0. The van der Waals surface area contributed by atoms with E-state index in [-0.39, 0.29) is 23.6 Å². The minimum Gasteiger partial charge on any atom is -0.325 e. The summed E-state index contributed by atoms with van der Waals surface area (Å²) in [5.41, 5.74) is 1.87. The lowest BCUT2D eigenvalue weighted by Gasteiger charge is -2.43. The second kappa shape index (κ2) is 8.12. The molecule has 4 heterocycles. The Bertz CT molecular complexity index is 1780. The van der Waals surface area contributed by atoms with E-state index in [1.165, 1.54) is 0 Å². The lowest BCUT2D eigenvalue weighted by Crippen LogP contribution is -2.62. The molecule has 2 spiro atoms. The Morgan fingerprint density at radius 1 is 0.875 bits per heavy atom. The van der Waals surface area contributed by atoms with Crippen molar-refractivity contribution in [2.45, 2.75) is 43.2 Å². The van der Waals surface area contributed by atoms with Crippen LogP contribution < -0.4 is 10.6 Å². The zero-order chi connectivity index (χ0) is 27.2. The number of nitrogens with one attached hydrogen (secondary N) is 2. The van der Waals surface area contributed by atoms with E-state index in [4.69, 9.17) is 0 Å². The van der Waals surface area contributed by atoms with Crippen molar-refractivity contribution in [3.05, 3.63) is 107 Å².